The number of pyridine rings is 1. The highest BCUT2D eigenvalue weighted by molar-refractivity contribution is 6.33. The summed E-state index contributed by atoms with van der Waals surface area (Å²) in [5.74, 6) is 0.263. The third-order valence-electron chi connectivity index (χ3n) is 4.17. The zero-order valence-corrected chi connectivity index (χ0v) is 16.8. The van der Waals surface area contributed by atoms with Gasteiger partial charge in [-0.05, 0) is 55.6 Å². The van der Waals surface area contributed by atoms with Crippen LogP contribution in [0.25, 0.3) is 11.1 Å². The number of hydrogen-bond acceptors (Lipinski definition) is 4. The highest BCUT2D eigenvalue weighted by Crippen LogP contribution is 2.30. The Balaban J connectivity index is 1.85. The third-order valence-corrected chi connectivity index (χ3v) is 4.50. The number of anilines is 1. The largest absolute Gasteiger partial charge is 0.481 e. The van der Waals surface area contributed by atoms with E-state index in [0.29, 0.717) is 22.2 Å². The van der Waals surface area contributed by atoms with Crippen LogP contribution in [0.1, 0.15) is 15.9 Å². The van der Waals surface area contributed by atoms with Crippen molar-refractivity contribution in [3.63, 3.8) is 0 Å². The second kappa shape index (κ2) is 8.87. The minimum Gasteiger partial charge on any atom is -0.481 e. The van der Waals surface area contributed by atoms with Crippen molar-refractivity contribution in [2.45, 2.75) is 6.54 Å². The molecule has 144 valence electrons. The highest BCUT2D eigenvalue weighted by atomic mass is 35.5. The molecule has 0 bridgehead atoms. The molecule has 0 fully saturated rings. The Morgan fingerprint density at radius 2 is 1.96 bits per heavy atom. The number of aromatic nitrogens is 1. The molecule has 28 heavy (non-hydrogen) atoms. The van der Waals surface area contributed by atoms with Gasteiger partial charge in [-0.25, -0.2) is 4.98 Å². The van der Waals surface area contributed by atoms with Gasteiger partial charge in [-0.1, -0.05) is 29.8 Å². The molecule has 3 rings (SSSR count). The predicted molar refractivity (Wildman–Crippen MR) is 113 cm³/mol. The first-order valence-corrected chi connectivity index (χ1v) is 9.19. The van der Waals surface area contributed by atoms with Crippen molar-refractivity contribution in [2.24, 2.45) is 0 Å². The first kappa shape index (κ1) is 19.9. The average Bonchev–Trinajstić information content (AvgIpc) is 2.68. The molecule has 0 unspecified atom stereocenters. The van der Waals surface area contributed by atoms with Crippen molar-refractivity contribution in [2.75, 3.05) is 26.5 Å². The summed E-state index contributed by atoms with van der Waals surface area (Å²) in [4.78, 5) is 18.9. The summed E-state index contributed by atoms with van der Waals surface area (Å²) in [5.41, 5.74) is 4.09. The Morgan fingerprint density at radius 3 is 2.64 bits per heavy atom. The fraction of sp³-hybridized carbons (Fsp3) is 0.182. The predicted octanol–water partition coefficient (Wildman–Crippen LogP) is 4.72. The summed E-state index contributed by atoms with van der Waals surface area (Å²) in [5, 5.41) is 3.44. The molecule has 5 nitrogen and oxygen atoms in total. The second-order valence-corrected chi connectivity index (χ2v) is 7.08. The van der Waals surface area contributed by atoms with Crippen molar-refractivity contribution in [3.8, 4) is 17.0 Å². The maximum atomic E-state index is 12.7. The topological polar surface area (TPSA) is 54.5 Å². The first-order valence-electron chi connectivity index (χ1n) is 8.81. The van der Waals surface area contributed by atoms with E-state index in [9.17, 15) is 4.79 Å². The number of halogens is 1. The lowest BCUT2D eigenvalue weighted by Crippen LogP contribution is -2.12. The number of amides is 1. The van der Waals surface area contributed by atoms with Crippen molar-refractivity contribution in [3.05, 3.63) is 76.9 Å². The number of ether oxygens (including phenoxy) is 1. The van der Waals surface area contributed by atoms with Crippen molar-refractivity contribution < 1.29 is 9.53 Å². The van der Waals surface area contributed by atoms with Crippen molar-refractivity contribution in [1.29, 1.82) is 0 Å². The summed E-state index contributed by atoms with van der Waals surface area (Å²) in [6.45, 7) is 0.829. The van der Waals surface area contributed by atoms with Crippen LogP contribution in [0.15, 0.2) is 60.8 Å². The van der Waals surface area contributed by atoms with Gasteiger partial charge < -0.3 is 15.0 Å². The molecule has 3 aromatic rings. The van der Waals surface area contributed by atoms with E-state index >= 15 is 0 Å². The van der Waals surface area contributed by atoms with Crippen LogP contribution in [-0.2, 0) is 6.54 Å². The van der Waals surface area contributed by atoms with Crippen LogP contribution in [0.2, 0.25) is 5.02 Å². The number of methoxy groups -OCH3 is 1. The maximum absolute atomic E-state index is 12.7. The lowest BCUT2D eigenvalue weighted by Gasteiger charge is -2.13. The van der Waals surface area contributed by atoms with E-state index in [1.54, 1.807) is 37.6 Å². The Kier molecular flexibility index (Phi) is 6.29. The Hall–Kier alpha value is -2.89. The van der Waals surface area contributed by atoms with Crippen LogP contribution >= 0.6 is 11.6 Å². The molecule has 2 aromatic carbocycles. The number of benzene rings is 2. The zero-order valence-electron chi connectivity index (χ0n) is 16.1. The molecule has 0 aliphatic rings. The molecule has 1 N–H and O–H groups in total. The van der Waals surface area contributed by atoms with Crippen LogP contribution in [0.4, 0.5) is 5.69 Å². The van der Waals surface area contributed by atoms with Gasteiger partial charge in [-0.15, -0.1) is 0 Å². The van der Waals surface area contributed by atoms with E-state index in [1.807, 2.05) is 32.3 Å². The maximum Gasteiger partial charge on any atom is 0.255 e. The smallest absolute Gasteiger partial charge is 0.255 e. The summed E-state index contributed by atoms with van der Waals surface area (Å²) in [6, 6.07) is 16.9. The molecule has 0 atom stereocenters. The molecule has 1 amide bonds. The van der Waals surface area contributed by atoms with Gasteiger partial charge in [0.25, 0.3) is 5.91 Å². The van der Waals surface area contributed by atoms with Gasteiger partial charge in [0.15, 0.2) is 0 Å². The molecule has 0 saturated heterocycles. The Labute approximate surface area is 169 Å². The lowest BCUT2D eigenvalue weighted by atomic mass is 10.0. The van der Waals surface area contributed by atoms with E-state index in [2.05, 4.69) is 27.3 Å². The monoisotopic (exact) mass is 395 g/mol. The molecule has 0 radical (unpaired) electrons. The summed E-state index contributed by atoms with van der Waals surface area (Å²) < 4.78 is 5.03. The first-order chi connectivity index (χ1) is 13.5. The van der Waals surface area contributed by atoms with Crippen LogP contribution in [0.3, 0.4) is 0 Å². The highest BCUT2D eigenvalue weighted by Gasteiger charge is 2.12. The van der Waals surface area contributed by atoms with E-state index < -0.39 is 0 Å². The summed E-state index contributed by atoms with van der Waals surface area (Å²) >= 11 is 6.42. The molecule has 1 aromatic heterocycles. The summed E-state index contributed by atoms with van der Waals surface area (Å²) in [6.07, 6.45) is 1.55. The molecular formula is C22H22ClN3O2. The molecular weight excluding hydrogens is 374 g/mol. The fourth-order valence-electron chi connectivity index (χ4n) is 2.87. The average molecular weight is 396 g/mol. The number of carbonyl (C=O) groups excluding carboxylic acids is 1. The van der Waals surface area contributed by atoms with E-state index in [1.165, 1.54) is 5.56 Å². The number of nitrogens with zero attached hydrogens (tertiary/aromatic N) is 2. The van der Waals surface area contributed by atoms with Gasteiger partial charge >= 0.3 is 0 Å². The lowest BCUT2D eigenvalue weighted by molar-refractivity contribution is 0.102. The number of hydrogen-bond donors (Lipinski definition) is 1. The SMILES string of the molecule is COc1ccc(NC(=O)c2ccc(Cl)c(-c3cccc(CN(C)C)c3)c2)cn1. The van der Waals surface area contributed by atoms with Crippen molar-refractivity contribution >= 4 is 23.2 Å². The Morgan fingerprint density at radius 1 is 1.14 bits per heavy atom. The van der Waals surface area contributed by atoms with Crippen LogP contribution < -0.4 is 10.1 Å². The minimum atomic E-state index is -0.227. The van der Waals surface area contributed by atoms with Crippen molar-refractivity contribution in [1.82, 2.24) is 9.88 Å². The van der Waals surface area contributed by atoms with Gasteiger partial charge in [0, 0.05) is 28.8 Å². The quantitative estimate of drug-likeness (QED) is 0.655. The van der Waals surface area contributed by atoms with Gasteiger partial charge in [-0.3, -0.25) is 4.79 Å². The Bertz CT molecular complexity index is 972. The molecule has 1 heterocycles. The molecule has 0 saturated carbocycles. The third kappa shape index (κ3) is 4.88. The standard InChI is InChI=1S/C22H22ClN3O2/c1-26(2)14-15-5-4-6-16(11-15)19-12-17(7-9-20(19)23)22(27)25-18-8-10-21(28-3)24-13-18/h4-13H,14H2,1-3H3,(H,25,27). The normalized spacial score (nSPS) is 10.8. The molecule has 0 aliphatic heterocycles. The number of nitrogens with one attached hydrogen (secondary N) is 1. The second-order valence-electron chi connectivity index (χ2n) is 6.68. The summed E-state index contributed by atoms with van der Waals surface area (Å²) in [7, 11) is 5.60. The fourth-order valence-corrected chi connectivity index (χ4v) is 3.10. The molecule has 0 spiro atoms. The van der Waals surface area contributed by atoms with Crippen LogP contribution in [-0.4, -0.2) is 37.0 Å². The van der Waals surface area contributed by atoms with Crippen LogP contribution in [0.5, 0.6) is 5.88 Å². The minimum absolute atomic E-state index is 0.227. The van der Waals surface area contributed by atoms with Gasteiger partial charge in [-0.2, -0.15) is 0 Å². The van der Waals surface area contributed by atoms with Gasteiger partial charge in [0.2, 0.25) is 5.88 Å². The molecule has 0 aliphatic carbocycles. The van der Waals surface area contributed by atoms with Gasteiger partial charge in [0.1, 0.15) is 0 Å². The van der Waals surface area contributed by atoms with E-state index in [4.69, 9.17) is 16.3 Å². The molecule has 6 heteroatoms. The van der Waals surface area contributed by atoms with Crippen LogP contribution in [0, 0.1) is 0 Å². The zero-order chi connectivity index (χ0) is 20.1. The van der Waals surface area contributed by atoms with E-state index in [0.717, 1.165) is 17.7 Å². The number of carbonyl (C=O) groups is 1. The number of rotatable bonds is 6. The van der Waals surface area contributed by atoms with Gasteiger partial charge in [0.05, 0.1) is 19.0 Å². The van der Waals surface area contributed by atoms with E-state index in [-0.39, 0.29) is 5.91 Å².